The lowest BCUT2D eigenvalue weighted by Gasteiger charge is -2.53. The van der Waals surface area contributed by atoms with Gasteiger partial charge in [-0.25, -0.2) is 8.42 Å². The molecule has 2 saturated heterocycles. The van der Waals surface area contributed by atoms with Crippen molar-refractivity contribution in [2.75, 3.05) is 33.4 Å². The van der Waals surface area contributed by atoms with Gasteiger partial charge in [0.15, 0.2) is 5.79 Å². The van der Waals surface area contributed by atoms with Crippen LogP contribution in [0.5, 0.6) is 5.75 Å². The summed E-state index contributed by atoms with van der Waals surface area (Å²) in [4.78, 5) is 0.295. The van der Waals surface area contributed by atoms with E-state index in [1.165, 1.54) is 4.31 Å². The maximum absolute atomic E-state index is 12.7. The molecule has 0 amide bonds. The second-order valence-electron chi connectivity index (χ2n) is 6.88. The van der Waals surface area contributed by atoms with Crippen LogP contribution in [0.1, 0.15) is 19.4 Å². The molecule has 0 atom stereocenters. The molecule has 1 aromatic carbocycles. The van der Waals surface area contributed by atoms with Gasteiger partial charge in [0, 0.05) is 18.5 Å². The molecule has 23 heavy (non-hydrogen) atoms. The van der Waals surface area contributed by atoms with E-state index in [0.29, 0.717) is 36.9 Å². The molecule has 0 N–H and O–H groups in total. The lowest BCUT2D eigenvalue weighted by atomic mass is 9.82. The van der Waals surface area contributed by atoms with Crippen LogP contribution in [0.4, 0.5) is 0 Å². The second-order valence-corrected chi connectivity index (χ2v) is 8.82. The monoisotopic (exact) mass is 341 g/mol. The molecule has 0 bridgehead atoms. The molecule has 0 saturated carbocycles. The number of hydrogen-bond donors (Lipinski definition) is 0. The van der Waals surface area contributed by atoms with Crippen LogP contribution in [-0.4, -0.2) is 51.9 Å². The first-order valence-electron chi connectivity index (χ1n) is 7.60. The molecule has 3 rings (SSSR count). The summed E-state index contributed by atoms with van der Waals surface area (Å²) in [6, 6.07) is 4.92. The first-order chi connectivity index (χ1) is 10.7. The van der Waals surface area contributed by atoms with Crippen LogP contribution in [0.2, 0.25) is 0 Å². The van der Waals surface area contributed by atoms with Crippen molar-refractivity contribution in [2.45, 2.75) is 31.5 Å². The Morgan fingerprint density at radius 1 is 1.17 bits per heavy atom. The Morgan fingerprint density at radius 3 is 2.30 bits per heavy atom. The summed E-state index contributed by atoms with van der Waals surface area (Å²) in [5.41, 5.74) is 0.583. The van der Waals surface area contributed by atoms with Crippen LogP contribution in [0.15, 0.2) is 23.1 Å². The van der Waals surface area contributed by atoms with Crippen molar-refractivity contribution in [2.24, 2.45) is 5.41 Å². The molecule has 2 aliphatic rings. The minimum Gasteiger partial charge on any atom is -0.496 e. The molecule has 2 aliphatic heterocycles. The maximum Gasteiger partial charge on any atom is 0.243 e. The van der Waals surface area contributed by atoms with E-state index in [0.717, 1.165) is 5.56 Å². The molecule has 1 aromatic rings. The predicted molar refractivity (Wildman–Crippen MR) is 84.9 cm³/mol. The zero-order chi connectivity index (χ0) is 16.9. The first-order valence-corrected chi connectivity index (χ1v) is 9.04. The smallest absolute Gasteiger partial charge is 0.243 e. The molecule has 0 unspecified atom stereocenters. The van der Waals surface area contributed by atoms with E-state index >= 15 is 0 Å². The van der Waals surface area contributed by atoms with Gasteiger partial charge in [0.25, 0.3) is 0 Å². The molecule has 2 fully saturated rings. The molecule has 7 heteroatoms. The Morgan fingerprint density at radius 2 is 1.78 bits per heavy atom. The second kappa shape index (κ2) is 5.44. The van der Waals surface area contributed by atoms with Crippen LogP contribution < -0.4 is 4.74 Å². The number of rotatable bonds is 3. The van der Waals surface area contributed by atoms with Gasteiger partial charge in [-0.15, -0.1) is 0 Å². The van der Waals surface area contributed by atoms with Gasteiger partial charge in [-0.2, -0.15) is 4.31 Å². The van der Waals surface area contributed by atoms with Crippen molar-refractivity contribution in [3.8, 4) is 5.75 Å². The lowest BCUT2D eigenvalue weighted by molar-refractivity contribution is -0.299. The molecule has 0 aromatic heterocycles. The summed E-state index contributed by atoms with van der Waals surface area (Å²) >= 11 is 0. The van der Waals surface area contributed by atoms with Crippen LogP contribution in [-0.2, 0) is 19.5 Å². The van der Waals surface area contributed by atoms with Gasteiger partial charge in [-0.05, 0) is 44.5 Å². The van der Waals surface area contributed by atoms with E-state index in [2.05, 4.69) is 0 Å². The predicted octanol–water partition coefficient (Wildman–Crippen LogP) is 1.78. The third-order valence-electron chi connectivity index (χ3n) is 4.48. The minimum atomic E-state index is -3.49. The normalized spacial score (nSPS) is 23.5. The van der Waals surface area contributed by atoms with Gasteiger partial charge in [0.1, 0.15) is 5.75 Å². The Kier molecular flexibility index (Phi) is 3.95. The van der Waals surface area contributed by atoms with Crippen LogP contribution in [0, 0.1) is 12.3 Å². The average molecular weight is 341 g/mol. The van der Waals surface area contributed by atoms with E-state index in [4.69, 9.17) is 14.2 Å². The molecule has 128 valence electrons. The average Bonchev–Trinajstić information content (AvgIpc) is 2.45. The fraction of sp³-hybridized carbons (Fsp3) is 0.625. The van der Waals surface area contributed by atoms with Crippen molar-refractivity contribution in [1.29, 1.82) is 0 Å². The van der Waals surface area contributed by atoms with Crippen molar-refractivity contribution in [3.63, 3.8) is 0 Å². The SMILES string of the molecule is COc1ccc(S(=O)(=O)N2CC3(COC(C)(C)OC3)C2)cc1C. The van der Waals surface area contributed by atoms with E-state index in [1.807, 2.05) is 20.8 Å². The van der Waals surface area contributed by atoms with Gasteiger partial charge in [-0.3, -0.25) is 0 Å². The number of methoxy groups -OCH3 is 1. The van der Waals surface area contributed by atoms with E-state index in [1.54, 1.807) is 25.3 Å². The summed E-state index contributed by atoms with van der Waals surface area (Å²) < 4.78 is 43.5. The number of nitrogens with zero attached hydrogens (tertiary/aromatic N) is 1. The molecule has 0 aliphatic carbocycles. The Balaban J connectivity index is 1.72. The molecular weight excluding hydrogens is 318 g/mol. The first kappa shape index (κ1) is 16.7. The van der Waals surface area contributed by atoms with Gasteiger partial charge >= 0.3 is 0 Å². The molecule has 0 radical (unpaired) electrons. The van der Waals surface area contributed by atoms with Crippen LogP contribution >= 0.6 is 0 Å². The summed E-state index contributed by atoms with van der Waals surface area (Å²) in [7, 11) is -1.92. The fourth-order valence-electron chi connectivity index (χ4n) is 2.95. The number of ether oxygens (including phenoxy) is 3. The number of hydrogen-bond acceptors (Lipinski definition) is 5. The van der Waals surface area contributed by atoms with Gasteiger partial charge in [0.2, 0.25) is 10.0 Å². The third-order valence-corrected chi connectivity index (χ3v) is 6.27. The Bertz CT molecular complexity index is 695. The van der Waals surface area contributed by atoms with Crippen molar-refractivity contribution in [1.82, 2.24) is 4.31 Å². The third kappa shape index (κ3) is 2.98. The highest BCUT2D eigenvalue weighted by Crippen LogP contribution is 2.40. The van der Waals surface area contributed by atoms with Crippen molar-refractivity contribution in [3.05, 3.63) is 23.8 Å². The summed E-state index contributed by atoms with van der Waals surface area (Å²) in [5.74, 6) is 0.0952. The fourth-order valence-corrected chi connectivity index (χ4v) is 4.70. The largest absolute Gasteiger partial charge is 0.496 e. The highest BCUT2D eigenvalue weighted by Gasteiger charge is 2.52. The topological polar surface area (TPSA) is 65.1 Å². The standard InChI is InChI=1S/C16H23NO5S/c1-12-7-13(5-6-14(12)20-4)23(18,19)17-8-16(9-17)10-21-15(2,3)22-11-16/h5-7H,8-11H2,1-4H3. The van der Waals surface area contributed by atoms with Crippen molar-refractivity contribution >= 4 is 10.0 Å². The van der Waals surface area contributed by atoms with Gasteiger partial charge in [0.05, 0.1) is 25.2 Å². The number of benzene rings is 1. The number of sulfonamides is 1. The van der Waals surface area contributed by atoms with Gasteiger partial charge < -0.3 is 14.2 Å². The number of aryl methyl sites for hydroxylation is 1. The highest BCUT2D eigenvalue weighted by molar-refractivity contribution is 7.89. The quantitative estimate of drug-likeness (QED) is 0.838. The molecule has 2 heterocycles. The van der Waals surface area contributed by atoms with E-state index in [9.17, 15) is 8.42 Å². The molecular formula is C16H23NO5S. The van der Waals surface area contributed by atoms with E-state index in [-0.39, 0.29) is 5.41 Å². The van der Waals surface area contributed by atoms with Gasteiger partial charge in [-0.1, -0.05) is 0 Å². The Hall–Kier alpha value is -1.15. The Labute approximate surface area is 137 Å². The zero-order valence-electron chi connectivity index (χ0n) is 14.0. The molecule has 1 spiro atoms. The summed E-state index contributed by atoms with van der Waals surface area (Å²) in [5, 5.41) is 0. The van der Waals surface area contributed by atoms with E-state index < -0.39 is 15.8 Å². The van der Waals surface area contributed by atoms with Crippen molar-refractivity contribution < 1.29 is 22.6 Å². The maximum atomic E-state index is 12.7. The molecule has 6 nitrogen and oxygen atoms in total. The van der Waals surface area contributed by atoms with Crippen LogP contribution in [0.25, 0.3) is 0 Å². The minimum absolute atomic E-state index is 0.218. The highest BCUT2D eigenvalue weighted by atomic mass is 32.2. The zero-order valence-corrected chi connectivity index (χ0v) is 14.8. The summed E-state index contributed by atoms with van der Waals surface area (Å²) in [6.45, 7) is 7.47. The summed E-state index contributed by atoms with van der Waals surface area (Å²) in [6.07, 6.45) is 0. The van der Waals surface area contributed by atoms with Crippen LogP contribution in [0.3, 0.4) is 0 Å². The lowest BCUT2D eigenvalue weighted by Crippen LogP contribution is -2.65.